The maximum atomic E-state index is 13.9. The van der Waals surface area contributed by atoms with Crippen molar-refractivity contribution < 1.29 is 9.50 Å². The van der Waals surface area contributed by atoms with E-state index in [1.165, 1.54) is 6.07 Å². The van der Waals surface area contributed by atoms with Crippen LogP contribution < -0.4 is 10.6 Å². The van der Waals surface area contributed by atoms with Crippen molar-refractivity contribution in [1.29, 1.82) is 0 Å². The molecule has 2 heterocycles. The Kier molecular flexibility index (Phi) is 5.91. The van der Waals surface area contributed by atoms with Gasteiger partial charge in [-0.1, -0.05) is 39.0 Å². The summed E-state index contributed by atoms with van der Waals surface area (Å²) in [7, 11) is 0. The van der Waals surface area contributed by atoms with Gasteiger partial charge in [0.05, 0.1) is 18.8 Å². The van der Waals surface area contributed by atoms with E-state index in [4.69, 9.17) is 0 Å². The second kappa shape index (κ2) is 8.35. The highest BCUT2D eigenvalue weighted by Crippen LogP contribution is 2.25. The third-order valence-electron chi connectivity index (χ3n) is 4.60. The number of aromatic nitrogens is 3. The average Bonchev–Trinajstić information content (AvgIpc) is 3.09. The fraction of sp³-hybridized carbons (Fsp3) is 0.400. The Bertz CT molecular complexity index is 905. The molecule has 3 N–H and O–H groups in total. The molecule has 0 aliphatic heterocycles. The van der Waals surface area contributed by atoms with E-state index in [1.54, 1.807) is 16.6 Å². The van der Waals surface area contributed by atoms with Gasteiger partial charge in [-0.15, -0.1) is 0 Å². The number of fused-ring (bicyclic) bond motifs is 1. The Morgan fingerprint density at radius 3 is 2.70 bits per heavy atom. The molecular formula is C20H26FN5O. The molecular weight excluding hydrogens is 345 g/mol. The third kappa shape index (κ3) is 4.19. The molecule has 0 bridgehead atoms. The topological polar surface area (TPSA) is 74.5 Å². The number of benzene rings is 1. The van der Waals surface area contributed by atoms with Crippen molar-refractivity contribution in [1.82, 2.24) is 14.6 Å². The number of hydrogen-bond donors (Lipinski definition) is 3. The summed E-state index contributed by atoms with van der Waals surface area (Å²) in [5.74, 6) is 1.39. The van der Waals surface area contributed by atoms with Crippen LogP contribution in [0.2, 0.25) is 0 Å². The molecule has 2 aromatic heterocycles. The van der Waals surface area contributed by atoms with Gasteiger partial charge in [-0.25, -0.2) is 9.37 Å². The van der Waals surface area contributed by atoms with Gasteiger partial charge in [-0.05, 0) is 18.4 Å². The standard InChI is InChI=1S/C20H26FN5O/c1-4-15(12-27)24-18-9-19(22-10-14-7-5-6-8-17(14)21)26-20(25-18)16(11-23-26)13(2)3/h5-9,11,13,15,22,27H,4,10,12H2,1-3H3,(H,24,25)/t15-/m1/s1. The van der Waals surface area contributed by atoms with E-state index < -0.39 is 0 Å². The van der Waals surface area contributed by atoms with E-state index >= 15 is 0 Å². The van der Waals surface area contributed by atoms with Gasteiger partial charge >= 0.3 is 0 Å². The quantitative estimate of drug-likeness (QED) is 0.562. The Hall–Kier alpha value is -2.67. The Morgan fingerprint density at radius 1 is 1.26 bits per heavy atom. The lowest BCUT2D eigenvalue weighted by molar-refractivity contribution is 0.271. The van der Waals surface area contributed by atoms with Gasteiger partial charge in [-0.2, -0.15) is 9.61 Å². The van der Waals surface area contributed by atoms with E-state index in [1.807, 2.05) is 25.3 Å². The van der Waals surface area contributed by atoms with Crippen LogP contribution >= 0.6 is 0 Å². The van der Waals surface area contributed by atoms with Gasteiger partial charge in [0, 0.05) is 23.7 Å². The Morgan fingerprint density at radius 2 is 2.04 bits per heavy atom. The predicted octanol–water partition coefficient (Wildman–Crippen LogP) is 3.79. The first-order valence-corrected chi connectivity index (χ1v) is 9.26. The Balaban J connectivity index is 1.97. The van der Waals surface area contributed by atoms with Crippen LogP contribution in [0.3, 0.4) is 0 Å². The summed E-state index contributed by atoms with van der Waals surface area (Å²) in [5.41, 5.74) is 2.36. The largest absolute Gasteiger partial charge is 0.394 e. The van der Waals surface area contributed by atoms with Crippen LogP contribution in [0.1, 0.15) is 44.2 Å². The van der Waals surface area contributed by atoms with Crippen molar-refractivity contribution in [3.63, 3.8) is 0 Å². The van der Waals surface area contributed by atoms with Crippen LogP contribution in [0, 0.1) is 5.82 Å². The summed E-state index contributed by atoms with van der Waals surface area (Å²) < 4.78 is 15.7. The number of anilines is 2. The Labute approximate surface area is 158 Å². The summed E-state index contributed by atoms with van der Waals surface area (Å²) in [6.07, 6.45) is 2.59. The number of aliphatic hydroxyl groups is 1. The normalized spacial score (nSPS) is 12.5. The number of nitrogens with one attached hydrogen (secondary N) is 2. The minimum atomic E-state index is -0.247. The first kappa shape index (κ1) is 19.1. The summed E-state index contributed by atoms with van der Waals surface area (Å²) >= 11 is 0. The van der Waals surface area contributed by atoms with Crippen molar-refractivity contribution in [2.24, 2.45) is 0 Å². The molecule has 1 aromatic carbocycles. The number of rotatable bonds is 8. The van der Waals surface area contributed by atoms with Gasteiger partial charge in [0.25, 0.3) is 0 Å². The molecule has 0 aliphatic carbocycles. The lowest BCUT2D eigenvalue weighted by Crippen LogP contribution is -2.23. The highest BCUT2D eigenvalue weighted by molar-refractivity contribution is 5.61. The number of nitrogens with zero attached hydrogens (tertiary/aromatic N) is 3. The van der Waals surface area contributed by atoms with Crippen molar-refractivity contribution in [2.75, 3.05) is 17.2 Å². The summed E-state index contributed by atoms with van der Waals surface area (Å²) in [6, 6.07) is 8.44. The first-order valence-electron chi connectivity index (χ1n) is 9.26. The summed E-state index contributed by atoms with van der Waals surface area (Å²) in [6.45, 7) is 6.54. The van der Waals surface area contributed by atoms with E-state index in [0.717, 1.165) is 17.6 Å². The molecule has 0 amide bonds. The molecule has 0 unspecified atom stereocenters. The zero-order chi connectivity index (χ0) is 19.4. The van der Waals surface area contributed by atoms with Crippen LogP contribution in [0.5, 0.6) is 0 Å². The molecule has 0 spiro atoms. The minimum Gasteiger partial charge on any atom is -0.394 e. The zero-order valence-corrected chi connectivity index (χ0v) is 15.9. The minimum absolute atomic E-state index is 0.0254. The molecule has 3 aromatic rings. The molecule has 0 saturated carbocycles. The van der Waals surface area contributed by atoms with Crippen molar-refractivity contribution in [3.05, 3.63) is 53.5 Å². The molecule has 0 aliphatic rings. The van der Waals surface area contributed by atoms with E-state index in [9.17, 15) is 9.50 Å². The van der Waals surface area contributed by atoms with E-state index in [-0.39, 0.29) is 24.4 Å². The zero-order valence-electron chi connectivity index (χ0n) is 15.9. The number of aliphatic hydroxyl groups excluding tert-OH is 1. The fourth-order valence-corrected chi connectivity index (χ4v) is 2.90. The van der Waals surface area contributed by atoms with Crippen LogP contribution in [0.25, 0.3) is 5.65 Å². The third-order valence-corrected chi connectivity index (χ3v) is 4.60. The van der Waals surface area contributed by atoms with Crippen LogP contribution in [0.4, 0.5) is 16.0 Å². The maximum absolute atomic E-state index is 13.9. The lowest BCUT2D eigenvalue weighted by Gasteiger charge is -2.17. The van der Waals surface area contributed by atoms with E-state index in [0.29, 0.717) is 23.7 Å². The smallest absolute Gasteiger partial charge is 0.163 e. The van der Waals surface area contributed by atoms with Crippen molar-refractivity contribution in [3.8, 4) is 0 Å². The van der Waals surface area contributed by atoms with E-state index in [2.05, 4.69) is 34.6 Å². The van der Waals surface area contributed by atoms with Crippen molar-refractivity contribution in [2.45, 2.75) is 45.7 Å². The molecule has 144 valence electrons. The monoisotopic (exact) mass is 371 g/mol. The number of hydrogen-bond acceptors (Lipinski definition) is 5. The van der Waals surface area contributed by atoms with Crippen LogP contribution in [-0.4, -0.2) is 32.4 Å². The summed E-state index contributed by atoms with van der Waals surface area (Å²) in [5, 5.41) is 20.5. The van der Waals surface area contributed by atoms with Gasteiger partial charge in [0.1, 0.15) is 17.5 Å². The summed E-state index contributed by atoms with van der Waals surface area (Å²) in [4.78, 5) is 4.69. The molecule has 3 rings (SSSR count). The number of halogens is 1. The molecule has 0 saturated heterocycles. The molecule has 7 heteroatoms. The first-order chi connectivity index (χ1) is 13.0. The predicted molar refractivity (Wildman–Crippen MR) is 106 cm³/mol. The van der Waals surface area contributed by atoms with Crippen LogP contribution in [0.15, 0.2) is 36.5 Å². The average molecular weight is 371 g/mol. The molecule has 6 nitrogen and oxygen atoms in total. The maximum Gasteiger partial charge on any atom is 0.163 e. The van der Waals surface area contributed by atoms with Gasteiger partial charge in [0.2, 0.25) is 0 Å². The van der Waals surface area contributed by atoms with Crippen molar-refractivity contribution >= 4 is 17.3 Å². The molecule has 1 atom stereocenters. The second-order valence-electron chi connectivity index (χ2n) is 6.89. The van der Waals surface area contributed by atoms with Gasteiger partial charge < -0.3 is 15.7 Å². The highest BCUT2D eigenvalue weighted by atomic mass is 19.1. The molecule has 0 fully saturated rings. The van der Waals surface area contributed by atoms with Crippen LogP contribution in [-0.2, 0) is 6.54 Å². The second-order valence-corrected chi connectivity index (χ2v) is 6.89. The molecule has 27 heavy (non-hydrogen) atoms. The molecule has 0 radical (unpaired) electrons. The van der Waals surface area contributed by atoms with Gasteiger partial charge in [-0.3, -0.25) is 0 Å². The highest BCUT2D eigenvalue weighted by Gasteiger charge is 2.15. The SMILES string of the molecule is CC[C@H](CO)Nc1cc(NCc2ccccc2F)n2ncc(C(C)C)c2n1. The van der Waals surface area contributed by atoms with Gasteiger partial charge in [0.15, 0.2) is 5.65 Å². The lowest BCUT2D eigenvalue weighted by atomic mass is 10.1. The fourth-order valence-electron chi connectivity index (χ4n) is 2.90.